The van der Waals surface area contributed by atoms with Gasteiger partial charge in [-0.2, -0.15) is 23.4 Å². The van der Waals surface area contributed by atoms with Gasteiger partial charge in [-0.25, -0.2) is 9.36 Å². The Morgan fingerprint density at radius 1 is 0.708 bits per heavy atom. The molecule has 0 fully saturated rings. The molecule has 0 spiro atoms. The van der Waals surface area contributed by atoms with Crippen LogP contribution in [0.3, 0.4) is 0 Å². The van der Waals surface area contributed by atoms with Gasteiger partial charge in [0.25, 0.3) is 0 Å². The molecule has 0 aliphatic heterocycles. The molecule has 7 heteroatoms. The first-order valence-electron chi connectivity index (χ1n) is 7.45. The van der Waals surface area contributed by atoms with Gasteiger partial charge in [0.2, 0.25) is 0 Å². The Kier molecular flexibility index (Phi) is 3.74. The molecule has 0 aliphatic carbocycles. The van der Waals surface area contributed by atoms with E-state index in [2.05, 4.69) is 10.2 Å². The maximum absolute atomic E-state index is 13.3. The van der Waals surface area contributed by atoms with E-state index < -0.39 is 11.7 Å². The Hall–Kier alpha value is -2.57. The predicted octanol–water partition coefficient (Wildman–Crippen LogP) is 4.31. The van der Waals surface area contributed by atoms with Crippen LogP contribution in [-0.4, -0.2) is 19.6 Å². The first-order chi connectivity index (χ1) is 11.1. The van der Waals surface area contributed by atoms with Gasteiger partial charge < -0.3 is 0 Å². The summed E-state index contributed by atoms with van der Waals surface area (Å²) >= 11 is 0. The zero-order chi connectivity index (χ0) is 17.6. The maximum atomic E-state index is 13.3. The van der Waals surface area contributed by atoms with E-state index in [1.54, 1.807) is 19.9 Å². The van der Waals surface area contributed by atoms with Gasteiger partial charge in [0.1, 0.15) is 0 Å². The summed E-state index contributed by atoms with van der Waals surface area (Å²) in [5, 5.41) is 8.57. The van der Waals surface area contributed by atoms with Crippen LogP contribution < -0.4 is 0 Å². The van der Waals surface area contributed by atoms with Crippen LogP contribution >= 0.6 is 0 Å². The van der Waals surface area contributed by atoms with E-state index in [4.69, 9.17) is 0 Å². The molecule has 0 saturated carbocycles. The summed E-state index contributed by atoms with van der Waals surface area (Å²) in [5.74, 6) is 0. The fraction of sp³-hybridized carbons (Fsp3) is 0.294. The number of benzene rings is 1. The molecule has 2 aromatic heterocycles. The molecule has 1 aromatic carbocycles. The van der Waals surface area contributed by atoms with E-state index in [0.29, 0.717) is 11.4 Å². The second-order valence-electron chi connectivity index (χ2n) is 5.91. The van der Waals surface area contributed by atoms with Crippen LogP contribution in [0, 0.1) is 27.7 Å². The van der Waals surface area contributed by atoms with Gasteiger partial charge >= 0.3 is 6.18 Å². The third-order valence-corrected chi connectivity index (χ3v) is 3.74. The molecule has 0 unspecified atom stereocenters. The maximum Gasteiger partial charge on any atom is 0.416 e. The Morgan fingerprint density at radius 3 is 1.42 bits per heavy atom. The van der Waals surface area contributed by atoms with Gasteiger partial charge in [-0.1, -0.05) is 0 Å². The molecule has 2 heterocycles. The number of alkyl halides is 3. The second kappa shape index (κ2) is 5.51. The molecule has 0 N–H and O–H groups in total. The molecule has 0 aliphatic rings. The average molecular weight is 334 g/mol. The topological polar surface area (TPSA) is 35.6 Å². The van der Waals surface area contributed by atoms with Gasteiger partial charge in [-0.05, 0) is 58.0 Å². The molecule has 4 nitrogen and oxygen atoms in total. The Labute approximate surface area is 137 Å². The molecule has 0 saturated heterocycles. The summed E-state index contributed by atoms with van der Waals surface area (Å²) in [4.78, 5) is 0. The minimum absolute atomic E-state index is 0.359. The van der Waals surface area contributed by atoms with Gasteiger partial charge in [-0.15, -0.1) is 0 Å². The van der Waals surface area contributed by atoms with E-state index >= 15 is 0 Å². The Morgan fingerprint density at radius 2 is 1.12 bits per heavy atom. The predicted molar refractivity (Wildman–Crippen MR) is 84.6 cm³/mol. The van der Waals surface area contributed by atoms with Crippen LogP contribution in [0.1, 0.15) is 28.3 Å². The molecular weight excluding hydrogens is 317 g/mol. The smallest absolute Gasteiger partial charge is 0.238 e. The zero-order valence-electron chi connectivity index (χ0n) is 13.8. The van der Waals surface area contributed by atoms with Crippen LogP contribution in [0.15, 0.2) is 30.3 Å². The van der Waals surface area contributed by atoms with Gasteiger partial charge in [0.15, 0.2) is 0 Å². The minimum atomic E-state index is -4.45. The van der Waals surface area contributed by atoms with Crippen molar-refractivity contribution >= 4 is 0 Å². The normalized spacial score (nSPS) is 12.0. The lowest BCUT2D eigenvalue weighted by Gasteiger charge is -2.14. The highest BCUT2D eigenvalue weighted by Gasteiger charge is 2.32. The first kappa shape index (κ1) is 16.3. The van der Waals surface area contributed by atoms with Gasteiger partial charge in [-0.3, -0.25) is 0 Å². The molecule has 126 valence electrons. The summed E-state index contributed by atoms with van der Waals surface area (Å²) in [6.45, 7) is 7.23. The fourth-order valence-electron chi connectivity index (χ4n) is 2.78. The zero-order valence-corrected chi connectivity index (χ0v) is 13.8. The molecule has 0 atom stereocenters. The number of rotatable bonds is 2. The summed E-state index contributed by atoms with van der Waals surface area (Å²) in [6, 6.07) is 7.52. The van der Waals surface area contributed by atoms with E-state index in [0.717, 1.165) is 34.9 Å². The third-order valence-electron chi connectivity index (χ3n) is 3.74. The van der Waals surface area contributed by atoms with Crippen LogP contribution in [0.4, 0.5) is 13.2 Å². The lowest BCUT2D eigenvalue weighted by molar-refractivity contribution is -0.137. The van der Waals surface area contributed by atoms with Crippen LogP contribution in [0.5, 0.6) is 0 Å². The van der Waals surface area contributed by atoms with Crippen LogP contribution in [0.25, 0.3) is 11.4 Å². The van der Waals surface area contributed by atoms with E-state index in [1.807, 2.05) is 26.0 Å². The van der Waals surface area contributed by atoms with Crippen molar-refractivity contribution < 1.29 is 13.2 Å². The van der Waals surface area contributed by atoms with E-state index in [9.17, 15) is 13.2 Å². The summed E-state index contributed by atoms with van der Waals surface area (Å²) in [5.41, 5.74) is 3.03. The molecule has 0 radical (unpaired) electrons. The standard InChI is InChI=1S/C17H17F3N4/c1-10-5-12(3)23(21-10)15-7-14(17(18,19)20)8-16(9-15)24-13(4)6-11(2)22-24/h5-9H,1-4H3. The van der Waals surface area contributed by atoms with Crippen molar-refractivity contribution in [1.82, 2.24) is 19.6 Å². The molecule has 0 bridgehead atoms. The average Bonchev–Trinajstić information content (AvgIpc) is 2.98. The summed E-state index contributed by atoms with van der Waals surface area (Å²) in [7, 11) is 0. The van der Waals surface area contributed by atoms with E-state index in [-0.39, 0.29) is 0 Å². The fourth-order valence-corrected chi connectivity index (χ4v) is 2.78. The first-order valence-corrected chi connectivity index (χ1v) is 7.45. The Bertz CT molecular complexity index is 839. The highest BCUT2D eigenvalue weighted by Crippen LogP contribution is 2.33. The van der Waals surface area contributed by atoms with Crippen molar-refractivity contribution in [3.8, 4) is 11.4 Å². The van der Waals surface area contributed by atoms with Gasteiger partial charge in [0, 0.05) is 11.4 Å². The molecule has 3 aromatic rings. The SMILES string of the molecule is Cc1cc(C)n(-c2cc(-n3nc(C)cc3C)cc(C(F)(F)F)c2)n1. The Balaban J connectivity index is 2.25. The third kappa shape index (κ3) is 2.93. The molecule has 3 rings (SSSR count). The highest BCUT2D eigenvalue weighted by atomic mass is 19.4. The number of aryl methyl sites for hydroxylation is 4. The van der Waals surface area contributed by atoms with Crippen molar-refractivity contribution in [3.63, 3.8) is 0 Å². The van der Waals surface area contributed by atoms with Gasteiger partial charge in [0.05, 0.1) is 28.3 Å². The lowest BCUT2D eigenvalue weighted by atomic mass is 10.1. The van der Waals surface area contributed by atoms with Crippen LogP contribution in [0.2, 0.25) is 0 Å². The van der Waals surface area contributed by atoms with Crippen molar-refractivity contribution in [1.29, 1.82) is 0 Å². The monoisotopic (exact) mass is 334 g/mol. The molecule has 24 heavy (non-hydrogen) atoms. The number of nitrogens with zero attached hydrogens (tertiary/aromatic N) is 4. The minimum Gasteiger partial charge on any atom is -0.238 e. The quantitative estimate of drug-likeness (QED) is 0.700. The van der Waals surface area contributed by atoms with Crippen molar-refractivity contribution in [2.75, 3.05) is 0 Å². The molecular formula is C17H17F3N4. The summed E-state index contributed by atoms with van der Waals surface area (Å²) in [6.07, 6.45) is -4.45. The van der Waals surface area contributed by atoms with Crippen molar-refractivity contribution in [3.05, 3.63) is 58.7 Å². The highest BCUT2D eigenvalue weighted by molar-refractivity contribution is 5.49. The number of aromatic nitrogens is 4. The number of halogens is 3. The van der Waals surface area contributed by atoms with E-state index in [1.165, 1.54) is 9.36 Å². The van der Waals surface area contributed by atoms with Crippen molar-refractivity contribution in [2.24, 2.45) is 0 Å². The lowest BCUT2D eigenvalue weighted by Crippen LogP contribution is -2.10. The summed E-state index contributed by atoms with van der Waals surface area (Å²) < 4.78 is 43.0. The second-order valence-corrected chi connectivity index (χ2v) is 5.91. The largest absolute Gasteiger partial charge is 0.416 e. The number of hydrogen-bond donors (Lipinski definition) is 0. The van der Waals surface area contributed by atoms with Crippen LogP contribution in [-0.2, 0) is 6.18 Å². The van der Waals surface area contributed by atoms with Crippen molar-refractivity contribution in [2.45, 2.75) is 33.9 Å². The molecule has 0 amide bonds. The number of hydrogen-bond acceptors (Lipinski definition) is 2.